The maximum atomic E-state index is 12.2. The third-order valence-electron chi connectivity index (χ3n) is 3.42. The molecule has 0 fully saturated rings. The van der Waals surface area contributed by atoms with Gasteiger partial charge in [-0.15, -0.1) is 13.2 Å². The van der Waals surface area contributed by atoms with E-state index in [0.29, 0.717) is 17.1 Å². The number of aromatic nitrogens is 2. The van der Waals surface area contributed by atoms with E-state index in [1.807, 2.05) is 12.1 Å². The summed E-state index contributed by atoms with van der Waals surface area (Å²) >= 11 is 0. The number of methoxy groups -OCH3 is 1. The fraction of sp³-hybridized carbons (Fsp3) is 0.111. The lowest BCUT2D eigenvalue weighted by molar-refractivity contribution is -0.274. The van der Waals surface area contributed by atoms with E-state index in [2.05, 4.69) is 20.0 Å². The van der Waals surface area contributed by atoms with Crippen LogP contribution >= 0.6 is 0 Å². The van der Waals surface area contributed by atoms with Crippen molar-refractivity contribution in [2.45, 2.75) is 6.36 Å². The van der Waals surface area contributed by atoms with Crippen molar-refractivity contribution in [2.24, 2.45) is 0 Å². The highest BCUT2D eigenvalue weighted by molar-refractivity contribution is 5.63. The lowest BCUT2D eigenvalue weighted by Crippen LogP contribution is -2.16. The van der Waals surface area contributed by atoms with E-state index in [4.69, 9.17) is 4.74 Å². The summed E-state index contributed by atoms with van der Waals surface area (Å²) in [5.74, 6) is 0.862. The standard InChI is InChI=1S/C18H14F3N3O2/c1-25-15-8-4-14(5-9-15)24-17-22-10-13(11-23-17)12-2-6-16(7-3-12)26-18(19,20)21/h2-11H,1H3,(H,22,23,24). The van der Waals surface area contributed by atoms with E-state index in [1.165, 1.54) is 24.3 Å². The number of anilines is 2. The molecule has 8 heteroatoms. The van der Waals surface area contributed by atoms with E-state index in [1.54, 1.807) is 31.6 Å². The second-order valence-electron chi connectivity index (χ2n) is 5.22. The van der Waals surface area contributed by atoms with Gasteiger partial charge >= 0.3 is 6.36 Å². The third kappa shape index (κ3) is 4.62. The van der Waals surface area contributed by atoms with E-state index < -0.39 is 6.36 Å². The third-order valence-corrected chi connectivity index (χ3v) is 3.42. The van der Waals surface area contributed by atoms with Crippen molar-refractivity contribution in [3.8, 4) is 22.6 Å². The summed E-state index contributed by atoms with van der Waals surface area (Å²) in [5.41, 5.74) is 2.14. The van der Waals surface area contributed by atoms with Gasteiger partial charge in [-0.05, 0) is 42.0 Å². The predicted molar refractivity (Wildman–Crippen MR) is 90.4 cm³/mol. The fourth-order valence-electron chi connectivity index (χ4n) is 2.19. The van der Waals surface area contributed by atoms with Gasteiger partial charge in [0.15, 0.2) is 0 Å². The van der Waals surface area contributed by atoms with E-state index >= 15 is 0 Å². The second-order valence-corrected chi connectivity index (χ2v) is 5.22. The van der Waals surface area contributed by atoms with Crippen LogP contribution in [0.4, 0.5) is 24.8 Å². The first kappa shape index (κ1) is 17.5. The van der Waals surface area contributed by atoms with Crippen LogP contribution in [0.2, 0.25) is 0 Å². The summed E-state index contributed by atoms with van der Waals surface area (Å²) in [6.45, 7) is 0. The molecule has 0 spiro atoms. The Hall–Kier alpha value is -3.29. The number of ether oxygens (including phenoxy) is 2. The summed E-state index contributed by atoms with van der Waals surface area (Å²) in [5, 5.41) is 3.05. The molecule has 134 valence electrons. The molecule has 0 aliphatic heterocycles. The first-order valence-electron chi connectivity index (χ1n) is 7.52. The zero-order valence-corrected chi connectivity index (χ0v) is 13.6. The summed E-state index contributed by atoms with van der Waals surface area (Å²) in [6.07, 6.45) is -1.55. The maximum absolute atomic E-state index is 12.2. The molecule has 0 aliphatic rings. The Balaban J connectivity index is 1.68. The molecule has 5 nitrogen and oxygen atoms in total. The molecule has 3 aromatic rings. The molecule has 26 heavy (non-hydrogen) atoms. The first-order chi connectivity index (χ1) is 12.4. The lowest BCUT2D eigenvalue weighted by Gasteiger charge is -2.09. The van der Waals surface area contributed by atoms with Crippen molar-refractivity contribution in [3.05, 3.63) is 60.9 Å². The summed E-state index contributed by atoms with van der Waals surface area (Å²) in [7, 11) is 1.59. The molecule has 2 aromatic carbocycles. The van der Waals surface area contributed by atoms with Gasteiger partial charge in [-0.3, -0.25) is 0 Å². The van der Waals surface area contributed by atoms with E-state index in [0.717, 1.165) is 11.4 Å². The average molecular weight is 361 g/mol. The molecule has 0 aliphatic carbocycles. The molecule has 0 saturated carbocycles. The van der Waals surface area contributed by atoms with Gasteiger partial charge in [-0.25, -0.2) is 9.97 Å². The van der Waals surface area contributed by atoms with Gasteiger partial charge in [-0.2, -0.15) is 0 Å². The molecule has 0 radical (unpaired) electrons. The molecular formula is C18H14F3N3O2. The average Bonchev–Trinajstić information content (AvgIpc) is 2.62. The smallest absolute Gasteiger partial charge is 0.497 e. The normalized spacial score (nSPS) is 11.1. The highest BCUT2D eigenvalue weighted by atomic mass is 19.4. The number of rotatable bonds is 5. The van der Waals surface area contributed by atoms with Crippen LogP contribution in [0, 0.1) is 0 Å². The topological polar surface area (TPSA) is 56.3 Å². The quantitative estimate of drug-likeness (QED) is 0.708. The first-order valence-corrected chi connectivity index (χ1v) is 7.52. The van der Waals surface area contributed by atoms with E-state index in [-0.39, 0.29) is 5.75 Å². The SMILES string of the molecule is COc1ccc(Nc2ncc(-c3ccc(OC(F)(F)F)cc3)cn2)cc1. The van der Waals surface area contributed by atoms with Crippen LogP contribution in [0.15, 0.2) is 60.9 Å². The maximum Gasteiger partial charge on any atom is 0.573 e. The largest absolute Gasteiger partial charge is 0.573 e. The van der Waals surface area contributed by atoms with Crippen molar-refractivity contribution in [1.82, 2.24) is 9.97 Å². The van der Waals surface area contributed by atoms with Gasteiger partial charge < -0.3 is 14.8 Å². The molecule has 0 unspecified atom stereocenters. The van der Waals surface area contributed by atoms with Crippen LogP contribution in [-0.2, 0) is 0 Å². The van der Waals surface area contributed by atoms with Crippen molar-refractivity contribution < 1.29 is 22.6 Å². The van der Waals surface area contributed by atoms with Gasteiger partial charge in [-0.1, -0.05) is 12.1 Å². The summed E-state index contributed by atoms with van der Waals surface area (Å²) in [4.78, 5) is 8.42. The number of hydrogen-bond acceptors (Lipinski definition) is 5. The minimum Gasteiger partial charge on any atom is -0.497 e. The number of halogens is 3. The molecule has 1 aromatic heterocycles. The highest BCUT2D eigenvalue weighted by Gasteiger charge is 2.30. The molecule has 3 rings (SSSR count). The molecule has 0 atom stereocenters. The predicted octanol–water partition coefficient (Wildman–Crippen LogP) is 4.79. The molecule has 0 amide bonds. The minimum atomic E-state index is -4.71. The molecule has 0 bridgehead atoms. The fourth-order valence-corrected chi connectivity index (χ4v) is 2.19. The van der Waals surface area contributed by atoms with Gasteiger partial charge in [0.05, 0.1) is 7.11 Å². The van der Waals surface area contributed by atoms with Crippen LogP contribution in [-0.4, -0.2) is 23.4 Å². The number of nitrogens with zero attached hydrogens (tertiary/aromatic N) is 2. The van der Waals surface area contributed by atoms with Crippen LogP contribution in [0.3, 0.4) is 0 Å². The Morgan fingerprint density at radius 3 is 1.92 bits per heavy atom. The van der Waals surface area contributed by atoms with Crippen molar-refractivity contribution in [3.63, 3.8) is 0 Å². The minimum absolute atomic E-state index is 0.278. The van der Waals surface area contributed by atoms with E-state index in [9.17, 15) is 13.2 Å². The number of benzene rings is 2. The van der Waals surface area contributed by atoms with Crippen LogP contribution in [0.1, 0.15) is 0 Å². The molecular weight excluding hydrogens is 347 g/mol. The monoisotopic (exact) mass is 361 g/mol. The second kappa shape index (κ2) is 7.30. The van der Waals surface area contributed by atoms with Crippen LogP contribution < -0.4 is 14.8 Å². The Labute approximate surface area is 147 Å². The van der Waals surface area contributed by atoms with Gasteiger partial charge in [0, 0.05) is 23.6 Å². The Kier molecular flexibility index (Phi) is 4.92. The molecule has 0 saturated heterocycles. The van der Waals surface area contributed by atoms with Crippen LogP contribution in [0.25, 0.3) is 11.1 Å². The Morgan fingerprint density at radius 2 is 1.38 bits per heavy atom. The molecule has 1 N–H and O–H groups in total. The van der Waals surface area contributed by atoms with Crippen molar-refractivity contribution >= 4 is 11.6 Å². The van der Waals surface area contributed by atoms with Crippen LogP contribution in [0.5, 0.6) is 11.5 Å². The molecule has 1 heterocycles. The Morgan fingerprint density at radius 1 is 0.808 bits per heavy atom. The zero-order valence-electron chi connectivity index (χ0n) is 13.6. The summed E-state index contributed by atoms with van der Waals surface area (Å²) in [6, 6.07) is 12.8. The number of alkyl halides is 3. The summed E-state index contributed by atoms with van der Waals surface area (Å²) < 4.78 is 45.5. The van der Waals surface area contributed by atoms with Gasteiger partial charge in [0.2, 0.25) is 5.95 Å². The van der Waals surface area contributed by atoms with Crippen molar-refractivity contribution in [1.29, 1.82) is 0 Å². The number of hydrogen-bond donors (Lipinski definition) is 1. The Bertz CT molecular complexity index is 849. The zero-order chi connectivity index (χ0) is 18.6. The number of nitrogens with one attached hydrogen (secondary N) is 1. The van der Waals surface area contributed by atoms with Gasteiger partial charge in [0.25, 0.3) is 0 Å². The van der Waals surface area contributed by atoms with Gasteiger partial charge in [0.1, 0.15) is 11.5 Å². The van der Waals surface area contributed by atoms with Crippen molar-refractivity contribution in [2.75, 3.05) is 12.4 Å². The highest BCUT2D eigenvalue weighted by Crippen LogP contribution is 2.26. The lowest BCUT2D eigenvalue weighted by atomic mass is 10.1.